The van der Waals surface area contributed by atoms with Gasteiger partial charge in [0.1, 0.15) is 17.6 Å². The van der Waals surface area contributed by atoms with Gasteiger partial charge in [-0.3, -0.25) is 19.2 Å². The zero-order valence-corrected chi connectivity index (χ0v) is 28.8. The van der Waals surface area contributed by atoms with Gasteiger partial charge in [0.2, 0.25) is 0 Å². The van der Waals surface area contributed by atoms with Gasteiger partial charge in [-0.2, -0.15) is 0 Å². The minimum atomic E-state index is -1.71. The summed E-state index contributed by atoms with van der Waals surface area (Å²) in [6.07, 6.45) is 5.37. The Morgan fingerprint density at radius 3 is 1.92 bits per heavy atom. The number of fused-ring (bicyclic) bond motifs is 3. The van der Waals surface area contributed by atoms with Gasteiger partial charge in [0.25, 0.3) is 0 Å². The predicted octanol–water partition coefficient (Wildman–Crippen LogP) is 4.15. The number of ketones is 4. The Balaban J connectivity index is 1.41. The zero-order valence-electron chi connectivity index (χ0n) is 28.8. The molecule has 0 radical (unpaired) electrons. The monoisotopic (exact) mass is 692 g/mol. The second-order valence-corrected chi connectivity index (χ2v) is 15.0. The molecule has 4 fully saturated rings. The molecule has 8 rings (SSSR count). The summed E-state index contributed by atoms with van der Waals surface area (Å²) < 4.78 is 25.1. The molecule has 8 aliphatic rings. The number of Topliss-reactive ketones (excluding diaryl/α,β-unsaturated/α-hetero) is 4. The van der Waals surface area contributed by atoms with Gasteiger partial charge in [0.05, 0.1) is 12.4 Å². The standard InChI is InChI=1S/C38H44O12/c1-5-7-9-11-21-23-24-25(28(40)32-36(49-32,29(24)41)15-13-18(3)33(42)43)30(48-21)38-20(17-47-22(26(23)38)12-10-8-6-2)27(39)31-37(50-31,35(38)46)16-14-19(4)34(44)45/h13-14,17,21-23,26,30-32H,5-12,15-16H2,1-4H3,(H,42,43)(H,44,45)/b18-13+,19-14+/t21-,22+,23-,26-,30+,31-,32-,36+,37+,38+/m1/s1. The van der Waals surface area contributed by atoms with Crippen LogP contribution >= 0.6 is 0 Å². The van der Waals surface area contributed by atoms with Crippen molar-refractivity contribution in [2.75, 3.05) is 0 Å². The van der Waals surface area contributed by atoms with Crippen LogP contribution < -0.4 is 0 Å². The van der Waals surface area contributed by atoms with Gasteiger partial charge in [-0.05, 0) is 33.1 Å². The number of carbonyl (C=O) groups excluding carboxylic acids is 4. The molecule has 5 aliphatic heterocycles. The number of hydrogen-bond donors (Lipinski definition) is 2. The Morgan fingerprint density at radius 2 is 1.32 bits per heavy atom. The van der Waals surface area contributed by atoms with E-state index in [0.29, 0.717) is 12.8 Å². The van der Waals surface area contributed by atoms with E-state index < -0.39 is 94.0 Å². The average molecular weight is 693 g/mol. The maximum atomic E-state index is 15.4. The second-order valence-electron chi connectivity index (χ2n) is 15.0. The van der Waals surface area contributed by atoms with Crippen molar-refractivity contribution in [1.82, 2.24) is 0 Å². The number of carboxylic acid groups (broad SMARTS) is 2. The summed E-state index contributed by atoms with van der Waals surface area (Å²) in [6.45, 7) is 6.96. The SMILES string of the molecule is CCCCC[C@@H]1OC=C2C(=O)[C@H]3O[C@]3(C/C=C(\C)C(=O)O)C(=O)[C@]23[C@H]1[C@H]1C2=C(C(=O)[C@H]4O[C@@]4(C/C=C(\C)C(=O)O)C2=O)[C@@H]3O[C@@H]1CCCCC. The summed E-state index contributed by atoms with van der Waals surface area (Å²) in [5.74, 6) is -5.70. The Labute approximate surface area is 289 Å². The Bertz CT molecular complexity index is 1710. The summed E-state index contributed by atoms with van der Waals surface area (Å²) in [7, 11) is 0. The Kier molecular flexibility index (Phi) is 8.46. The minimum Gasteiger partial charge on any atom is -0.497 e. The lowest BCUT2D eigenvalue weighted by atomic mass is 9.43. The molecule has 268 valence electrons. The average Bonchev–Trinajstić information content (AvgIpc) is 4.02. The van der Waals surface area contributed by atoms with Crippen LogP contribution in [0.1, 0.15) is 91.9 Å². The smallest absolute Gasteiger partial charge is 0.330 e. The van der Waals surface area contributed by atoms with Gasteiger partial charge in [-0.15, -0.1) is 0 Å². The maximum Gasteiger partial charge on any atom is 0.330 e. The summed E-state index contributed by atoms with van der Waals surface area (Å²) in [5.41, 5.74) is -4.51. The fourth-order valence-electron chi connectivity index (χ4n) is 9.47. The van der Waals surface area contributed by atoms with E-state index in [1.54, 1.807) is 0 Å². The number of carbonyl (C=O) groups is 6. The van der Waals surface area contributed by atoms with Crippen LogP contribution in [-0.4, -0.2) is 87.0 Å². The van der Waals surface area contributed by atoms with Crippen LogP contribution in [0.2, 0.25) is 0 Å². The van der Waals surface area contributed by atoms with Crippen LogP contribution in [0, 0.1) is 17.3 Å². The predicted molar refractivity (Wildman–Crippen MR) is 174 cm³/mol. The molecule has 10 atom stereocenters. The van der Waals surface area contributed by atoms with Gasteiger partial charge in [0.15, 0.2) is 46.5 Å². The molecular formula is C38H44O12. The summed E-state index contributed by atoms with van der Waals surface area (Å²) in [5, 5.41) is 19.0. The number of ether oxygens (including phenoxy) is 4. The maximum absolute atomic E-state index is 15.4. The summed E-state index contributed by atoms with van der Waals surface area (Å²) >= 11 is 0. The first-order valence-corrected chi connectivity index (χ1v) is 17.9. The molecule has 0 amide bonds. The van der Waals surface area contributed by atoms with Crippen LogP contribution in [0.5, 0.6) is 0 Å². The molecule has 5 heterocycles. The first-order chi connectivity index (χ1) is 23.8. The van der Waals surface area contributed by atoms with E-state index in [9.17, 15) is 34.2 Å². The highest BCUT2D eigenvalue weighted by Crippen LogP contribution is 2.70. The lowest BCUT2D eigenvalue weighted by Crippen LogP contribution is -2.74. The third kappa shape index (κ3) is 4.66. The molecule has 50 heavy (non-hydrogen) atoms. The Morgan fingerprint density at radius 1 is 0.760 bits per heavy atom. The topological polar surface area (TPSA) is 186 Å². The van der Waals surface area contributed by atoms with Crippen LogP contribution in [0.3, 0.4) is 0 Å². The molecule has 0 unspecified atom stereocenters. The van der Waals surface area contributed by atoms with Crippen molar-refractivity contribution < 1.29 is 57.9 Å². The third-order valence-corrected chi connectivity index (χ3v) is 12.2. The molecule has 12 nitrogen and oxygen atoms in total. The van der Waals surface area contributed by atoms with Crippen molar-refractivity contribution in [1.29, 1.82) is 0 Å². The third-order valence-electron chi connectivity index (χ3n) is 12.2. The van der Waals surface area contributed by atoms with Crippen molar-refractivity contribution in [3.63, 3.8) is 0 Å². The summed E-state index contributed by atoms with van der Waals surface area (Å²) in [6, 6.07) is 0. The number of aliphatic carboxylic acids is 2. The van der Waals surface area contributed by atoms with E-state index in [-0.39, 0.29) is 40.7 Å². The van der Waals surface area contributed by atoms with Crippen LogP contribution in [0.25, 0.3) is 0 Å². The van der Waals surface area contributed by atoms with Crippen molar-refractivity contribution in [3.05, 3.63) is 46.3 Å². The fraction of sp³-hybridized carbons (Fsp3) is 0.632. The molecule has 2 bridgehead atoms. The van der Waals surface area contributed by atoms with Crippen molar-refractivity contribution in [3.8, 4) is 0 Å². The molecular weight excluding hydrogens is 648 g/mol. The van der Waals surface area contributed by atoms with Gasteiger partial charge in [0, 0.05) is 52.5 Å². The lowest BCUT2D eigenvalue weighted by Gasteiger charge is -2.63. The quantitative estimate of drug-likeness (QED) is 0.151. The van der Waals surface area contributed by atoms with Crippen LogP contribution in [0.15, 0.2) is 46.3 Å². The lowest BCUT2D eigenvalue weighted by molar-refractivity contribution is -0.213. The molecule has 1 spiro atoms. The van der Waals surface area contributed by atoms with Gasteiger partial charge in [-0.25, -0.2) is 9.59 Å². The molecule has 0 aromatic rings. The number of rotatable bonds is 14. The van der Waals surface area contributed by atoms with E-state index in [1.807, 2.05) is 0 Å². The second kappa shape index (κ2) is 12.2. The van der Waals surface area contributed by atoms with Gasteiger partial charge in [-0.1, -0.05) is 58.1 Å². The molecule has 12 heteroatoms. The van der Waals surface area contributed by atoms with Crippen molar-refractivity contribution in [2.45, 2.75) is 134 Å². The summed E-state index contributed by atoms with van der Waals surface area (Å²) in [4.78, 5) is 82.2. The van der Waals surface area contributed by atoms with E-state index in [2.05, 4.69) is 13.8 Å². The van der Waals surface area contributed by atoms with Crippen LogP contribution in [-0.2, 0) is 47.7 Å². The van der Waals surface area contributed by atoms with Crippen LogP contribution in [0.4, 0.5) is 0 Å². The number of carboxylic acids is 2. The molecule has 3 aliphatic carbocycles. The van der Waals surface area contributed by atoms with Gasteiger partial charge < -0.3 is 29.2 Å². The minimum absolute atomic E-state index is 0.00135. The number of unbranched alkanes of at least 4 members (excludes halogenated alkanes) is 4. The molecule has 0 aromatic carbocycles. The molecule has 1 saturated carbocycles. The Hall–Kier alpha value is -3.74. The zero-order chi connectivity index (χ0) is 35.9. The van der Waals surface area contributed by atoms with E-state index in [1.165, 1.54) is 32.3 Å². The first kappa shape index (κ1) is 34.7. The molecule has 2 N–H and O–H groups in total. The highest BCUT2D eigenvalue weighted by molar-refractivity contribution is 6.25. The van der Waals surface area contributed by atoms with Crippen molar-refractivity contribution >= 4 is 35.1 Å². The van der Waals surface area contributed by atoms with Gasteiger partial charge >= 0.3 is 11.9 Å². The van der Waals surface area contributed by atoms with Crippen molar-refractivity contribution in [2.24, 2.45) is 17.3 Å². The molecule has 3 saturated heterocycles. The highest BCUT2D eigenvalue weighted by atomic mass is 16.6. The van der Waals surface area contributed by atoms with E-state index in [0.717, 1.165) is 38.5 Å². The number of hydrogen-bond acceptors (Lipinski definition) is 10. The fourth-order valence-corrected chi connectivity index (χ4v) is 9.47. The molecule has 0 aromatic heterocycles. The largest absolute Gasteiger partial charge is 0.497 e. The highest BCUT2D eigenvalue weighted by Gasteiger charge is 2.85. The van der Waals surface area contributed by atoms with E-state index >= 15 is 4.79 Å². The first-order valence-electron chi connectivity index (χ1n) is 17.9. The van der Waals surface area contributed by atoms with E-state index in [4.69, 9.17) is 18.9 Å². The normalized spacial score (nSPS) is 39.5. The number of epoxide rings is 2.